The van der Waals surface area contributed by atoms with E-state index in [-0.39, 0.29) is 5.92 Å². The minimum absolute atomic E-state index is 0.0759. The van der Waals surface area contributed by atoms with Crippen molar-refractivity contribution >= 4 is 0 Å². The van der Waals surface area contributed by atoms with Crippen LogP contribution in [0.4, 0.5) is 22.0 Å². The quantitative estimate of drug-likeness (QED) is 0.162. The molecule has 0 atom stereocenters. The lowest BCUT2D eigenvalue weighted by molar-refractivity contribution is -0.142. The first kappa shape index (κ1) is 28.2. The highest BCUT2D eigenvalue weighted by Gasteiger charge is 2.38. The van der Waals surface area contributed by atoms with Gasteiger partial charge in [-0.1, -0.05) is 70.4 Å². The van der Waals surface area contributed by atoms with Gasteiger partial charge in [0.05, 0.1) is 0 Å². The van der Waals surface area contributed by atoms with E-state index in [1.807, 2.05) is 0 Å². The molecule has 0 unspecified atom stereocenters. The zero-order chi connectivity index (χ0) is 25.3. The van der Waals surface area contributed by atoms with Gasteiger partial charge in [0, 0.05) is 0 Å². The average Bonchev–Trinajstić information content (AvgIpc) is 2.82. The van der Waals surface area contributed by atoms with Gasteiger partial charge in [-0.15, -0.1) is 0 Å². The molecule has 198 valence electrons. The van der Waals surface area contributed by atoms with E-state index in [0.29, 0.717) is 17.4 Å². The molecule has 2 fully saturated rings. The summed E-state index contributed by atoms with van der Waals surface area (Å²) >= 11 is 0. The number of alkyl halides is 3. The summed E-state index contributed by atoms with van der Waals surface area (Å²) in [5, 5.41) is 0. The number of rotatable bonds is 11. The van der Waals surface area contributed by atoms with Crippen LogP contribution in [0.15, 0.2) is 24.3 Å². The molecular weight excluding hydrogens is 455 g/mol. The fraction of sp³-hybridized carbons (Fsp3) is 0.733. The smallest absolute Gasteiger partial charge is 0.206 e. The van der Waals surface area contributed by atoms with Crippen molar-refractivity contribution in [2.45, 2.75) is 122 Å². The van der Waals surface area contributed by atoms with Gasteiger partial charge < -0.3 is 0 Å². The van der Waals surface area contributed by atoms with Crippen LogP contribution in [-0.4, -0.2) is 0 Å². The van der Waals surface area contributed by atoms with Crippen LogP contribution in [-0.2, 0) is 6.18 Å². The van der Waals surface area contributed by atoms with Gasteiger partial charge in [0.25, 0.3) is 0 Å². The molecule has 35 heavy (non-hydrogen) atoms. The summed E-state index contributed by atoms with van der Waals surface area (Å²) in [6.45, 7) is 2.26. The molecule has 0 spiro atoms. The van der Waals surface area contributed by atoms with E-state index in [4.69, 9.17) is 0 Å². The third-order valence-corrected chi connectivity index (χ3v) is 8.35. The Morgan fingerprint density at radius 1 is 0.714 bits per heavy atom. The van der Waals surface area contributed by atoms with Gasteiger partial charge in [-0.05, 0) is 92.7 Å². The van der Waals surface area contributed by atoms with Gasteiger partial charge in [0.2, 0.25) is 0 Å². The van der Waals surface area contributed by atoms with Gasteiger partial charge in [-0.25, -0.2) is 8.78 Å². The molecule has 0 saturated heterocycles. The first-order valence-corrected chi connectivity index (χ1v) is 14.0. The number of hydrogen-bond donors (Lipinski definition) is 0. The maximum absolute atomic E-state index is 14.0. The van der Waals surface area contributed by atoms with E-state index < -0.39 is 23.4 Å². The molecule has 2 saturated carbocycles. The lowest BCUT2D eigenvalue weighted by atomic mass is 9.76. The zero-order valence-corrected chi connectivity index (χ0v) is 21.3. The van der Waals surface area contributed by atoms with Gasteiger partial charge >= 0.3 is 6.18 Å². The van der Waals surface area contributed by atoms with Gasteiger partial charge in [-0.3, -0.25) is 0 Å². The van der Waals surface area contributed by atoms with E-state index in [2.05, 4.69) is 19.1 Å². The van der Waals surface area contributed by atoms with Crippen LogP contribution in [0.2, 0.25) is 0 Å². The summed E-state index contributed by atoms with van der Waals surface area (Å²) in [5.41, 5.74) is -1.43. The van der Waals surface area contributed by atoms with E-state index >= 15 is 0 Å². The molecular formula is C30H43F5. The summed E-state index contributed by atoms with van der Waals surface area (Å²) in [6, 6.07) is 1.77. The SMILES string of the molecule is CCCCCCCCC[C@H]1CC[C@H](C=C[C@H]2CC[C@H](c3cc(F)c(C(F)(F)F)c(F)c3)CC2)CC1. The van der Waals surface area contributed by atoms with Crippen molar-refractivity contribution in [3.63, 3.8) is 0 Å². The Kier molecular flexibility index (Phi) is 11.1. The normalized spacial score (nSPS) is 25.9. The van der Waals surface area contributed by atoms with E-state index in [1.165, 1.54) is 77.0 Å². The molecule has 1 aromatic carbocycles. The Balaban J connectivity index is 1.35. The number of hydrogen-bond acceptors (Lipinski definition) is 0. The molecule has 0 radical (unpaired) electrons. The fourth-order valence-corrected chi connectivity index (χ4v) is 6.12. The highest BCUT2D eigenvalue weighted by atomic mass is 19.4. The van der Waals surface area contributed by atoms with E-state index in [0.717, 1.165) is 43.7 Å². The first-order chi connectivity index (χ1) is 16.8. The zero-order valence-electron chi connectivity index (χ0n) is 21.3. The Labute approximate surface area is 208 Å². The summed E-state index contributed by atoms with van der Waals surface area (Å²) in [4.78, 5) is 0. The molecule has 0 heterocycles. The Hall–Kier alpha value is -1.39. The number of halogens is 5. The highest BCUT2D eigenvalue weighted by Crippen LogP contribution is 2.40. The van der Waals surface area contributed by atoms with Crippen LogP contribution in [0.5, 0.6) is 0 Å². The Morgan fingerprint density at radius 3 is 1.71 bits per heavy atom. The largest absolute Gasteiger partial charge is 0.422 e. The second-order valence-electron chi connectivity index (χ2n) is 11.0. The third kappa shape index (κ3) is 8.89. The van der Waals surface area contributed by atoms with Crippen molar-refractivity contribution in [3.05, 3.63) is 47.0 Å². The van der Waals surface area contributed by atoms with Gasteiger partial charge in [0.15, 0.2) is 0 Å². The van der Waals surface area contributed by atoms with Crippen molar-refractivity contribution < 1.29 is 22.0 Å². The van der Waals surface area contributed by atoms with Crippen LogP contribution < -0.4 is 0 Å². The summed E-state index contributed by atoms with van der Waals surface area (Å²) in [7, 11) is 0. The number of allylic oxidation sites excluding steroid dienone is 2. The van der Waals surface area contributed by atoms with Crippen LogP contribution in [0.25, 0.3) is 0 Å². The number of unbranched alkanes of at least 4 members (excludes halogenated alkanes) is 6. The standard InChI is InChI=1S/C30H43F5/c1-2-3-4-5-6-7-8-9-22-10-12-23(13-11-22)14-15-24-16-18-25(19-17-24)26-20-27(31)29(28(32)21-26)30(33,34)35/h14-15,20-25H,2-13,16-19H2,1H3/t22-,23-,24-,25-. The second kappa shape index (κ2) is 13.8. The predicted octanol–water partition coefficient (Wildman–Crippen LogP) is 10.8. The minimum atomic E-state index is -5.01. The lowest BCUT2D eigenvalue weighted by Crippen LogP contribution is -2.16. The van der Waals surface area contributed by atoms with Crippen LogP contribution in [0.3, 0.4) is 0 Å². The second-order valence-corrected chi connectivity index (χ2v) is 11.0. The Morgan fingerprint density at radius 2 is 1.20 bits per heavy atom. The first-order valence-electron chi connectivity index (χ1n) is 14.0. The highest BCUT2D eigenvalue weighted by molar-refractivity contribution is 5.31. The van der Waals surface area contributed by atoms with Crippen molar-refractivity contribution in [2.24, 2.45) is 17.8 Å². The van der Waals surface area contributed by atoms with E-state index in [9.17, 15) is 22.0 Å². The summed E-state index contributed by atoms with van der Waals surface area (Å²) < 4.78 is 66.4. The fourth-order valence-electron chi connectivity index (χ4n) is 6.12. The molecule has 0 N–H and O–H groups in total. The summed E-state index contributed by atoms with van der Waals surface area (Å²) in [5.74, 6) is -1.06. The monoisotopic (exact) mass is 498 g/mol. The van der Waals surface area contributed by atoms with Gasteiger partial charge in [0.1, 0.15) is 17.2 Å². The maximum atomic E-state index is 14.0. The van der Waals surface area contributed by atoms with Crippen LogP contribution in [0.1, 0.15) is 127 Å². The molecule has 0 amide bonds. The molecule has 3 rings (SSSR count). The number of benzene rings is 1. The minimum Gasteiger partial charge on any atom is -0.206 e. The predicted molar refractivity (Wildman–Crippen MR) is 133 cm³/mol. The molecule has 0 aliphatic heterocycles. The maximum Gasteiger partial charge on any atom is 0.422 e. The average molecular weight is 499 g/mol. The third-order valence-electron chi connectivity index (χ3n) is 8.35. The molecule has 0 nitrogen and oxygen atoms in total. The Bertz CT molecular complexity index is 757. The van der Waals surface area contributed by atoms with E-state index in [1.54, 1.807) is 0 Å². The molecule has 1 aromatic rings. The molecule has 0 aromatic heterocycles. The molecule has 0 bridgehead atoms. The van der Waals surface area contributed by atoms with Crippen LogP contribution >= 0.6 is 0 Å². The van der Waals surface area contributed by atoms with Crippen molar-refractivity contribution in [1.29, 1.82) is 0 Å². The van der Waals surface area contributed by atoms with Crippen molar-refractivity contribution in [2.75, 3.05) is 0 Å². The molecule has 2 aliphatic carbocycles. The van der Waals surface area contributed by atoms with Gasteiger partial charge in [-0.2, -0.15) is 13.2 Å². The lowest BCUT2D eigenvalue weighted by Gasteiger charge is -2.29. The molecule has 5 heteroatoms. The topological polar surface area (TPSA) is 0 Å². The summed E-state index contributed by atoms with van der Waals surface area (Å²) in [6.07, 6.45) is 19.3. The molecule has 2 aliphatic rings. The van der Waals surface area contributed by atoms with Crippen LogP contribution in [0, 0.1) is 29.4 Å². The van der Waals surface area contributed by atoms with Crippen molar-refractivity contribution in [1.82, 2.24) is 0 Å². The van der Waals surface area contributed by atoms with Crippen molar-refractivity contribution in [3.8, 4) is 0 Å².